The highest BCUT2D eigenvalue weighted by Gasteiger charge is 2.44. The molecule has 0 radical (unpaired) electrons. The molecule has 1 aromatic carbocycles. The lowest BCUT2D eigenvalue weighted by Crippen LogP contribution is -2.62. The summed E-state index contributed by atoms with van der Waals surface area (Å²) in [4.78, 5) is 17.6. The molecular weight excluding hydrogens is 376 g/mol. The van der Waals surface area contributed by atoms with Crippen molar-refractivity contribution in [3.8, 4) is 11.8 Å². The van der Waals surface area contributed by atoms with Gasteiger partial charge >= 0.3 is 0 Å². The van der Waals surface area contributed by atoms with Crippen LogP contribution in [0, 0.1) is 11.3 Å². The molecule has 8 nitrogen and oxygen atoms in total. The van der Waals surface area contributed by atoms with E-state index in [1.54, 1.807) is 6.33 Å². The summed E-state index contributed by atoms with van der Waals surface area (Å²) >= 11 is 0. The van der Waals surface area contributed by atoms with E-state index in [0.29, 0.717) is 17.2 Å². The largest absolute Gasteiger partial charge is 0.371 e. The highest BCUT2D eigenvalue weighted by Crippen LogP contribution is 2.39. The molecule has 0 unspecified atom stereocenters. The molecule has 0 aliphatic carbocycles. The van der Waals surface area contributed by atoms with Crippen molar-refractivity contribution in [3.63, 3.8) is 0 Å². The molecule has 3 aromatic rings. The first-order valence-electron chi connectivity index (χ1n) is 10.3. The zero-order valence-electron chi connectivity index (χ0n) is 17.0. The molecule has 1 N–H and O–H groups in total. The van der Waals surface area contributed by atoms with E-state index < -0.39 is 0 Å². The van der Waals surface area contributed by atoms with Gasteiger partial charge in [0, 0.05) is 36.5 Å². The summed E-state index contributed by atoms with van der Waals surface area (Å²) < 4.78 is 1.97. The van der Waals surface area contributed by atoms with Gasteiger partial charge in [0.1, 0.15) is 24.0 Å². The van der Waals surface area contributed by atoms with E-state index in [4.69, 9.17) is 5.26 Å². The van der Waals surface area contributed by atoms with Crippen LogP contribution in [-0.4, -0.2) is 56.6 Å². The van der Waals surface area contributed by atoms with Crippen molar-refractivity contribution < 1.29 is 0 Å². The zero-order valence-corrected chi connectivity index (χ0v) is 17.0. The first-order valence-corrected chi connectivity index (χ1v) is 10.3. The van der Waals surface area contributed by atoms with Gasteiger partial charge in [-0.25, -0.2) is 15.0 Å². The Morgan fingerprint density at radius 1 is 0.933 bits per heavy atom. The molecule has 2 aliphatic heterocycles. The van der Waals surface area contributed by atoms with E-state index in [-0.39, 0.29) is 5.69 Å². The van der Waals surface area contributed by atoms with Gasteiger partial charge in [-0.15, -0.1) is 0 Å². The molecule has 0 bridgehead atoms. The summed E-state index contributed by atoms with van der Waals surface area (Å²) in [6.07, 6.45) is 10.5. The predicted molar refractivity (Wildman–Crippen MR) is 115 cm³/mol. The van der Waals surface area contributed by atoms with Gasteiger partial charge in [0.15, 0.2) is 5.69 Å². The van der Waals surface area contributed by atoms with Crippen LogP contribution in [0.3, 0.4) is 0 Å². The van der Waals surface area contributed by atoms with Crippen molar-refractivity contribution in [1.82, 2.24) is 24.4 Å². The van der Waals surface area contributed by atoms with Gasteiger partial charge in [-0.2, -0.15) is 5.26 Å². The molecule has 30 heavy (non-hydrogen) atoms. The van der Waals surface area contributed by atoms with Crippen LogP contribution in [0.2, 0.25) is 0 Å². The molecule has 2 fully saturated rings. The Labute approximate surface area is 175 Å². The van der Waals surface area contributed by atoms with Crippen molar-refractivity contribution in [2.24, 2.45) is 0 Å². The third-order valence-electron chi connectivity index (χ3n) is 6.53. The van der Waals surface area contributed by atoms with Crippen molar-refractivity contribution in [3.05, 3.63) is 54.9 Å². The van der Waals surface area contributed by atoms with Gasteiger partial charge in [-0.1, -0.05) is 0 Å². The molecule has 0 saturated carbocycles. The second kappa shape index (κ2) is 7.43. The topological polar surface area (TPSA) is 85.9 Å². The fourth-order valence-corrected chi connectivity index (χ4v) is 4.41. The average molecular weight is 400 g/mol. The van der Waals surface area contributed by atoms with Crippen LogP contribution in [0.5, 0.6) is 0 Å². The van der Waals surface area contributed by atoms with Crippen molar-refractivity contribution in [1.29, 1.82) is 5.26 Å². The highest BCUT2D eigenvalue weighted by atomic mass is 15.3. The molecule has 0 amide bonds. The molecule has 8 heteroatoms. The summed E-state index contributed by atoms with van der Waals surface area (Å²) in [7, 11) is 2.26. The molecular formula is C22H24N8. The standard InChI is InChI=1S/C22H24N8/c1-28-9-6-22(28)7-10-29(11-8-22)18-2-4-19(5-3-18)30-15-21(26-16-30)27-20-14-24-17(12-23)13-25-20/h2-5,13-16H,6-11H2,1H3,(H,25,27). The van der Waals surface area contributed by atoms with Gasteiger partial charge < -0.3 is 19.7 Å². The smallest absolute Gasteiger partial charge is 0.158 e. The number of rotatable bonds is 4. The average Bonchev–Trinajstić information content (AvgIpc) is 3.27. The number of nitrogens with zero attached hydrogens (tertiary/aromatic N) is 7. The van der Waals surface area contributed by atoms with E-state index in [2.05, 4.69) is 61.4 Å². The Kier molecular flexibility index (Phi) is 4.60. The lowest BCUT2D eigenvalue weighted by Gasteiger charge is -2.55. The maximum absolute atomic E-state index is 8.80. The molecule has 0 atom stereocenters. The molecule has 152 valence electrons. The number of nitriles is 1. The highest BCUT2D eigenvalue weighted by molar-refractivity contribution is 5.54. The Bertz CT molecular complexity index is 1060. The summed E-state index contributed by atoms with van der Waals surface area (Å²) in [6.45, 7) is 3.48. The Hall–Kier alpha value is -3.44. The SMILES string of the molecule is CN1CCC12CCN(c1ccc(-n3cnc(Nc4cnc(C#N)cn4)c3)cc1)CC2. The summed E-state index contributed by atoms with van der Waals surface area (Å²) in [5.74, 6) is 1.22. The maximum Gasteiger partial charge on any atom is 0.158 e. The van der Waals surface area contributed by atoms with E-state index in [0.717, 1.165) is 18.8 Å². The first kappa shape index (κ1) is 18.6. The molecule has 5 rings (SSSR count). The number of piperidine rings is 1. The van der Waals surface area contributed by atoms with Gasteiger partial charge in [-0.05, 0) is 50.6 Å². The predicted octanol–water partition coefficient (Wildman–Crippen LogP) is 2.95. The fourth-order valence-electron chi connectivity index (χ4n) is 4.41. The Morgan fingerprint density at radius 3 is 2.27 bits per heavy atom. The second-order valence-corrected chi connectivity index (χ2v) is 8.09. The number of hydrogen-bond donors (Lipinski definition) is 1. The Balaban J connectivity index is 1.23. The van der Waals surface area contributed by atoms with Gasteiger partial charge in [0.05, 0.1) is 18.6 Å². The summed E-state index contributed by atoms with van der Waals surface area (Å²) in [5.41, 5.74) is 3.09. The normalized spacial score (nSPS) is 18.1. The number of hydrogen-bond acceptors (Lipinski definition) is 7. The number of anilines is 3. The summed E-state index contributed by atoms with van der Waals surface area (Å²) in [5, 5.41) is 11.9. The maximum atomic E-state index is 8.80. The number of imidazole rings is 1. The quantitative estimate of drug-likeness (QED) is 0.720. The fraction of sp³-hybridized carbons (Fsp3) is 0.364. The second-order valence-electron chi connectivity index (χ2n) is 8.09. The van der Waals surface area contributed by atoms with E-state index >= 15 is 0 Å². The zero-order chi connectivity index (χ0) is 20.6. The van der Waals surface area contributed by atoms with Gasteiger partial charge in [0.25, 0.3) is 0 Å². The van der Waals surface area contributed by atoms with Crippen LogP contribution in [0.15, 0.2) is 49.2 Å². The summed E-state index contributed by atoms with van der Waals surface area (Å²) in [6, 6.07) is 10.6. The number of nitrogens with one attached hydrogen (secondary N) is 1. The minimum Gasteiger partial charge on any atom is -0.371 e. The molecule has 1 spiro atoms. The van der Waals surface area contributed by atoms with E-state index in [9.17, 15) is 0 Å². The van der Waals surface area contributed by atoms with E-state index in [1.165, 1.54) is 43.9 Å². The number of likely N-dealkylation sites (tertiary alicyclic amines) is 1. The number of benzene rings is 1. The van der Waals surface area contributed by atoms with Crippen LogP contribution in [0.4, 0.5) is 17.3 Å². The molecule has 4 heterocycles. The molecule has 2 aliphatic rings. The van der Waals surface area contributed by atoms with Crippen LogP contribution in [-0.2, 0) is 0 Å². The third-order valence-corrected chi connectivity index (χ3v) is 6.53. The lowest BCUT2D eigenvalue weighted by atomic mass is 9.77. The van der Waals surface area contributed by atoms with Crippen molar-refractivity contribution in [2.75, 3.05) is 36.9 Å². The lowest BCUT2D eigenvalue weighted by molar-refractivity contribution is -0.00915. The monoisotopic (exact) mass is 400 g/mol. The van der Waals surface area contributed by atoms with Crippen molar-refractivity contribution >= 4 is 17.3 Å². The van der Waals surface area contributed by atoms with E-state index in [1.807, 2.05) is 16.8 Å². The van der Waals surface area contributed by atoms with Gasteiger partial charge in [0.2, 0.25) is 0 Å². The number of aromatic nitrogens is 4. The first-order chi connectivity index (χ1) is 14.6. The molecule has 2 aromatic heterocycles. The van der Waals surface area contributed by atoms with Crippen LogP contribution in [0.25, 0.3) is 5.69 Å². The minimum absolute atomic E-state index is 0.287. The van der Waals surface area contributed by atoms with Gasteiger partial charge in [-0.3, -0.25) is 0 Å². The minimum atomic E-state index is 0.287. The molecule has 2 saturated heterocycles. The van der Waals surface area contributed by atoms with Crippen molar-refractivity contribution in [2.45, 2.75) is 24.8 Å². The third kappa shape index (κ3) is 3.37. The van der Waals surface area contributed by atoms with Crippen LogP contribution >= 0.6 is 0 Å². The van der Waals surface area contributed by atoms with Crippen LogP contribution < -0.4 is 10.2 Å². The Morgan fingerprint density at radius 2 is 1.67 bits per heavy atom. The van der Waals surface area contributed by atoms with Crippen LogP contribution in [0.1, 0.15) is 25.0 Å².